The van der Waals surface area contributed by atoms with Crippen molar-refractivity contribution in [3.63, 3.8) is 0 Å². The van der Waals surface area contributed by atoms with Crippen LogP contribution in [0.2, 0.25) is 0 Å². The second-order valence-corrected chi connectivity index (χ2v) is 3.93. The first-order chi connectivity index (χ1) is 8.24. The topological polar surface area (TPSA) is 59.0 Å². The van der Waals surface area contributed by atoms with Crippen LogP contribution in [0.15, 0.2) is 0 Å². The van der Waals surface area contributed by atoms with Crippen LogP contribution in [-0.2, 0) is 9.47 Å². The SMILES string of the molecule is C#CCN(CCCOC1CCCCO1)C(=O)O. The molecule has 0 aromatic heterocycles. The normalized spacial score (nSPS) is 19.6. The van der Waals surface area contributed by atoms with Gasteiger partial charge in [-0.15, -0.1) is 6.42 Å². The van der Waals surface area contributed by atoms with Gasteiger partial charge in [-0.3, -0.25) is 4.90 Å². The highest BCUT2D eigenvalue weighted by Crippen LogP contribution is 2.13. The molecule has 1 amide bonds. The zero-order chi connectivity index (χ0) is 12.5. The van der Waals surface area contributed by atoms with E-state index in [4.69, 9.17) is 21.0 Å². The number of nitrogens with zero attached hydrogens (tertiary/aromatic N) is 1. The maximum absolute atomic E-state index is 10.8. The van der Waals surface area contributed by atoms with Gasteiger partial charge in [-0.2, -0.15) is 0 Å². The predicted octanol–water partition coefficient (Wildman–Crippen LogP) is 1.53. The van der Waals surface area contributed by atoms with Crippen molar-refractivity contribution in [2.45, 2.75) is 32.0 Å². The van der Waals surface area contributed by atoms with Gasteiger partial charge < -0.3 is 14.6 Å². The molecular weight excluding hydrogens is 222 g/mol. The lowest BCUT2D eigenvalue weighted by molar-refractivity contribution is -0.162. The van der Waals surface area contributed by atoms with Crippen LogP contribution in [0.4, 0.5) is 4.79 Å². The summed E-state index contributed by atoms with van der Waals surface area (Å²) in [5.41, 5.74) is 0. The zero-order valence-corrected chi connectivity index (χ0v) is 9.93. The van der Waals surface area contributed by atoms with E-state index in [1.807, 2.05) is 0 Å². The van der Waals surface area contributed by atoms with Crippen molar-refractivity contribution >= 4 is 6.09 Å². The third-order valence-electron chi connectivity index (χ3n) is 2.57. The maximum atomic E-state index is 10.8. The van der Waals surface area contributed by atoms with E-state index in [0.717, 1.165) is 25.9 Å². The predicted molar refractivity (Wildman–Crippen MR) is 62.6 cm³/mol. The number of terminal acetylenes is 1. The number of hydrogen-bond acceptors (Lipinski definition) is 3. The quantitative estimate of drug-likeness (QED) is 0.566. The van der Waals surface area contributed by atoms with Crippen molar-refractivity contribution in [2.24, 2.45) is 0 Å². The first kappa shape index (κ1) is 13.8. The summed E-state index contributed by atoms with van der Waals surface area (Å²) in [7, 11) is 0. The standard InChI is InChI=1S/C12H19NO4/c1-2-7-13(12(14)15)8-5-10-17-11-6-3-4-9-16-11/h1,11H,3-10H2,(H,14,15). The van der Waals surface area contributed by atoms with Gasteiger partial charge in [-0.05, 0) is 25.7 Å². The molecule has 0 aliphatic carbocycles. The Bertz CT molecular complexity index is 268. The second kappa shape index (κ2) is 7.93. The molecule has 5 heteroatoms. The zero-order valence-electron chi connectivity index (χ0n) is 9.93. The Balaban J connectivity index is 2.09. The number of carbonyl (C=O) groups is 1. The maximum Gasteiger partial charge on any atom is 0.408 e. The van der Waals surface area contributed by atoms with Crippen LogP contribution in [0.25, 0.3) is 0 Å². The van der Waals surface area contributed by atoms with Crippen molar-refractivity contribution in [2.75, 3.05) is 26.3 Å². The van der Waals surface area contributed by atoms with Crippen LogP contribution in [-0.4, -0.2) is 48.7 Å². The van der Waals surface area contributed by atoms with Crippen LogP contribution in [0, 0.1) is 12.3 Å². The highest BCUT2D eigenvalue weighted by molar-refractivity contribution is 5.65. The lowest BCUT2D eigenvalue weighted by atomic mass is 10.2. The second-order valence-electron chi connectivity index (χ2n) is 3.93. The molecule has 0 saturated carbocycles. The molecule has 1 atom stereocenters. The number of rotatable bonds is 6. The van der Waals surface area contributed by atoms with Crippen LogP contribution in [0.5, 0.6) is 0 Å². The average Bonchev–Trinajstić information content (AvgIpc) is 2.34. The summed E-state index contributed by atoms with van der Waals surface area (Å²) in [6, 6.07) is 0. The lowest BCUT2D eigenvalue weighted by Gasteiger charge is -2.23. The molecule has 17 heavy (non-hydrogen) atoms. The highest BCUT2D eigenvalue weighted by atomic mass is 16.7. The minimum atomic E-state index is -0.989. The molecule has 1 fully saturated rings. The summed E-state index contributed by atoms with van der Waals surface area (Å²) in [5, 5.41) is 8.82. The van der Waals surface area contributed by atoms with Gasteiger partial charge >= 0.3 is 6.09 Å². The van der Waals surface area contributed by atoms with E-state index in [-0.39, 0.29) is 12.8 Å². The fraction of sp³-hybridized carbons (Fsp3) is 0.750. The van der Waals surface area contributed by atoms with Crippen molar-refractivity contribution in [3.05, 3.63) is 0 Å². The number of amides is 1. The van der Waals surface area contributed by atoms with E-state index in [0.29, 0.717) is 19.6 Å². The number of ether oxygens (including phenoxy) is 2. The minimum absolute atomic E-state index is 0.116. The molecule has 1 aliphatic heterocycles. The van der Waals surface area contributed by atoms with Gasteiger partial charge in [0, 0.05) is 13.2 Å². The lowest BCUT2D eigenvalue weighted by Crippen LogP contribution is -2.32. The Labute approximate surface area is 102 Å². The van der Waals surface area contributed by atoms with E-state index in [1.165, 1.54) is 4.90 Å². The molecule has 1 unspecified atom stereocenters. The molecular formula is C12H19NO4. The monoisotopic (exact) mass is 241 g/mol. The Morgan fingerprint density at radius 3 is 3.00 bits per heavy atom. The number of hydrogen-bond donors (Lipinski definition) is 1. The summed E-state index contributed by atoms with van der Waals surface area (Å²) in [6.07, 6.45) is 7.75. The molecule has 0 aromatic rings. The number of carboxylic acid groups (broad SMARTS) is 1. The average molecular weight is 241 g/mol. The van der Waals surface area contributed by atoms with E-state index >= 15 is 0 Å². The Kier molecular flexibility index (Phi) is 6.45. The van der Waals surface area contributed by atoms with E-state index in [2.05, 4.69) is 5.92 Å². The van der Waals surface area contributed by atoms with E-state index in [9.17, 15) is 4.79 Å². The summed E-state index contributed by atoms with van der Waals surface area (Å²) in [4.78, 5) is 11.9. The minimum Gasteiger partial charge on any atom is -0.465 e. The first-order valence-corrected chi connectivity index (χ1v) is 5.88. The first-order valence-electron chi connectivity index (χ1n) is 5.88. The molecule has 1 heterocycles. The van der Waals surface area contributed by atoms with E-state index in [1.54, 1.807) is 0 Å². The van der Waals surface area contributed by atoms with Gasteiger partial charge in [0.05, 0.1) is 13.2 Å². The summed E-state index contributed by atoms with van der Waals surface area (Å²) in [6.45, 7) is 1.77. The van der Waals surface area contributed by atoms with Gasteiger partial charge in [0.1, 0.15) is 0 Å². The van der Waals surface area contributed by atoms with Gasteiger partial charge in [0.25, 0.3) is 0 Å². The van der Waals surface area contributed by atoms with Crippen molar-refractivity contribution in [3.8, 4) is 12.3 Å². The molecule has 0 radical (unpaired) electrons. The Morgan fingerprint density at radius 2 is 2.41 bits per heavy atom. The summed E-state index contributed by atoms with van der Waals surface area (Å²) < 4.78 is 10.9. The summed E-state index contributed by atoms with van der Waals surface area (Å²) >= 11 is 0. The molecule has 1 N–H and O–H groups in total. The smallest absolute Gasteiger partial charge is 0.408 e. The van der Waals surface area contributed by atoms with Crippen LogP contribution < -0.4 is 0 Å². The third-order valence-corrected chi connectivity index (χ3v) is 2.57. The third kappa shape index (κ3) is 5.57. The largest absolute Gasteiger partial charge is 0.465 e. The molecule has 0 spiro atoms. The van der Waals surface area contributed by atoms with Gasteiger partial charge in [0.2, 0.25) is 0 Å². The molecule has 1 saturated heterocycles. The van der Waals surface area contributed by atoms with Gasteiger partial charge in [-0.1, -0.05) is 5.92 Å². The molecule has 1 rings (SSSR count). The van der Waals surface area contributed by atoms with Crippen molar-refractivity contribution < 1.29 is 19.4 Å². The van der Waals surface area contributed by atoms with E-state index < -0.39 is 6.09 Å². The highest BCUT2D eigenvalue weighted by Gasteiger charge is 2.14. The van der Waals surface area contributed by atoms with Crippen LogP contribution >= 0.6 is 0 Å². The van der Waals surface area contributed by atoms with Crippen LogP contribution in [0.1, 0.15) is 25.7 Å². The van der Waals surface area contributed by atoms with Gasteiger partial charge in [0.15, 0.2) is 6.29 Å². The van der Waals surface area contributed by atoms with Gasteiger partial charge in [-0.25, -0.2) is 4.79 Å². The molecule has 0 bridgehead atoms. The molecule has 0 aromatic carbocycles. The Hall–Kier alpha value is -1.25. The fourth-order valence-corrected chi connectivity index (χ4v) is 1.67. The molecule has 96 valence electrons. The molecule has 1 aliphatic rings. The van der Waals surface area contributed by atoms with Crippen LogP contribution in [0.3, 0.4) is 0 Å². The fourth-order valence-electron chi connectivity index (χ4n) is 1.67. The molecule has 5 nitrogen and oxygen atoms in total. The summed E-state index contributed by atoms with van der Waals surface area (Å²) in [5.74, 6) is 2.32. The van der Waals surface area contributed by atoms with Crippen molar-refractivity contribution in [1.82, 2.24) is 4.90 Å². The van der Waals surface area contributed by atoms with Crippen molar-refractivity contribution in [1.29, 1.82) is 0 Å². The Morgan fingerprint density at radius 1 is 1.59 bits per heavy atom.